The molecular formula is C8H8K2O3. The van der Waals surface area contributed by atoms with E-state index in [9.17, 15) is 4.79 Å². The Kier molecular flexibility index (Phi) is 11.9. The Hall–Kier alpha value is 1.76. The normalized spacial score (nSPS) is 8.00. The Morgan fingerprint density at radius 3 is 2.23 bits per heavy atom. The van der Waals surface area contributed by atoms with Crippen LogP contribution in [-0.4, -0.2) is 119 Å². The number of phenols is 1. The van der Waals surface area contributed by atoms with Crippen LogP contribution in [0.5, 0.6) is 5.75 Å². The first-order valence-corrected chi connectivity index (χ1v) is 3.19. The van der Waals surface area contributed by atoms with Gasteiger partial charge in [0.15, 0.2) is 0 Å². The van der Waals surface area contributed by atoms with Crippen molar-refractivity contribution in [2.75, 3.05) is 0 Å². The van der Waals surface area contributed by atoms with E-state index in [1.54, 1.807) is 18.2 Å². The minimum absolute atomic E-state index is 0. The molecule has 2 N–H and O–H groups in total. The molecule has 0 aliphatic rings. The molecule has 0 amide bonds. The Morgan fingerprint density at radius 1 is 1.23 bits per heavy atom. The van der Waals surface area contributed by atoms with E-state index >= 15 is 0 Å². The van der Waals surface area contributed by atoms with E-state index in [1.807, 2.05) is 0 Å². The predicted molar refractivity (Wildman–Crippen MR) is 51.0 cm³/mol. The molecule has 0 fully saturated rings. The van der Waals surface area contributed by atoms with E-state index in [4.69, 9.17) is 10.2 Å². The number of benzene rings is 1. The van der Waals surface area contributed by atoms with Crippen molar-refractivity contribution in [2.45, 2.75) is 6.42 Å². The number of hydrogen-bond acceptors (Lipinski definition) is 2. The SMILES string of the molecule is O=C(O)Cc1ccccc1O.[K].[K]. The number of para-hydroxylation sites is 1. The van der Waals surface area contributed by atoms with Crippen molar-refractivity contribution in [3.63, 3.8) is 0 Å². The largest absolute Gasteiger partial charge is 0.508 e. The Labute approximate surface area is 162 Å². The molecular weight excluding hydrogens is 222 g/mol. The van der Waals surface area contributed by atoms with Crippen LogP contribution >= 0.6 is 0 Å². The molecule has 0 aliphatic carbocycles. The topological polar surface area (TPSA) is 57.5 Å². The average molecular weight is 230 g/mol. The first-order chi connectivity index (χ1) is 5.20. The summed E-state index contributed by atoms with van der Waals surface area (Å²) < 4.78 is 0. The van der Waals surface area contributed by atoms with Crippen molar-refractivity contribution in [2.24, 2.45) is 0 Å². The molecule has 0 heterocycles. The van der Waals surface area contributed by atoms with Crippen LogP contribution < -0.4 is 0 Å². The third kappa shape index (κ3) is 6.78. The molecule has 0 spiro atoms. The van der Waals surface area contributed by atoms with Gasteiger partial charge in [-0.1, -0.05) is 18.2 Å². The maximum absolute atomic E-state index is 10.2. The van der Waals surface area contributed by atoms with Crippen molar-refractivity contribution >= 4 is 109 Å². The number of carbonyl (C=O) groups is 1. The van der Waals surface area contributed by atoms with Crippen molar-refractivity contribution in [3.8, 4) is 5.75 Å². The monoisotopic (exact) mass is 230 g/mol. The number of carboxylic acids is 1. The second-order valence-corrected chi connectivity index (χ2v) is 2.20. The van der Waals surface area contributed by atoms with E-state index in [0.717, 1.165) is 0 Å². The van der Waals surface area contributed by atoms with Crippen molar-refractivity contribution < 1.29 is 15.0 Å². The molecule has 60 valence electrons. The van der Waals surface area contributed by atoms with Gasteiger partial charge in [-0.25, -0.2) is 0 Å². The second-order valence-electron chi connectivity index (χ2n) is 2.20. The predicted octanol–water partition coefficient (Wildman–Crippen LogP) is 0.258. The number of aromatic hydroxyl groups is 1. The minimum atomic E-state index is -0.938. The molecule has 1 aromatic carbocycles. The van der Waals surface area contributed by atoms with Crippen LogP contribution in [0.15, 0.2) is 24.3 Å². The number of phenolic OH excluding ortho intramolecular Hbond substituents is 1. The molecule has 0 unspecified atom stereocenters. The van der Waals surface area contributed by atoms with Crippen LogP contribution in [0.3, 0.4) is 0 Å². The molecule has 0 saturated carbocycles. The van der Waals surface area contributed by atoms with E-state index in [2.05, 4.69) is 0 Å². The van der Waals surface area contributed by atoms with Gasteiger partial charge in [-0.2, -0.15) is 0 Å². The molecule has 3 nitrogen and oxygen atoms in total. The van der Waals surface area contributed by atoms with Crippen LogP contribution in [0.4, 0.5) is 0 Å². The quantitative estimate of drug-likeness (QED) is 0.716. The van der Waals surface area contributed by atoms with Gasteiger partial charge in [-0.3, -0.25) is 4.79 Å². The molecule has 0 atom stereocenters. The first kappa shape index (κ1) is 17.2. The van der Waals surface area contributed by atoms with E-state index in [0.29, 0.717) is 5.56 Å². The van der Waals surface area contributed by atoms with Gasteiger partial charge in [0.1, 0.15) is 5.75 Å². The third-order valence-corrected chi connectivity index (χ3v) is 1.33. The fourth-order valence-corrected chi connectivity index (χ4v) is 0.823. The van der Waals surface area contributed by atoms with E-state index in [-0.39, 0.29) is 115 Å². The number of rotatable bonds is 2. The minimum Gasteiger partial charge on any atom is -0.508 e. The summed E-state index contributed by atoms with van der Waals surface area (Å²) in [5, 5.41) is 17.5. The van der Waals surface area contributed by atoms with Crippen LogP contribution in [0, 0.1) is 0 Å². The van der Waals surface area contributed by atoms with Crippen LogP contribution in [0.1, 0.15) is 5.56 Å². The summed E-state index contributed by atoms with van der Waals surface area (Å²) in [6, 6.07) is 6.40. The molecule has 0 aliphatic heterocycles. The third-order valence-electron chi connectivity index (χ3n) is 1.33. The van der Waals surface area contributed by atoms with Gasteiger partial charge < -0.3 is 10.2 Å². The average Bonchev–Trinajstić information content (AvgIpc) is 1.93. The Balaban J connectivity index is 0. The van der Waals surface area contributed by atoms with Crippen molar-refractivity contribution in [1.29, 1.82) is 0 Å². The van der Waals surface area contributed by atoms with Crippen LogP contribution in [0.25, 0.3) is 0 Å². The summed E-state index contributed by atoms with van der Waals surface area (Å²) in [7, 11) is 0. The summed E-state index contributed by atoms with van der Waals surface area (Å²) in [6.45, 7) is 0. The van der Waals surface area contributed by atoms with Gasteiger partial charge in [0.25, 0.3) is 0 Å². The number of carboxylic acid groups (broad SMARTS) is 1. The molecule has 0 aromatic heterocycles. The summed E-state index contributed by atoms with van der Waals surface area (Å²) in [5.74, 6) is -0.901. The molecule has 5 heteroatoms. The maximum Gasteiger partial charge on any atom is 0.307 e. The van der Waals surface area contributed by atoms with Gasteiger partial charge in [0, 0.05) is 108 Å². The van der Waals surface area contributed by atoms with Crippen molar-refractivity contribution in [3.05, 3.63) is 29.8 Å². The van der Waals surface area contributed by atoms with E-state index in [1.165, 1.54) is 6.07 Å². The molecule has 2 radical (unpaired) electrons. The fraction of sp³-hybridized carbons (Fsp3) is 0.125. The van der Waals surface area contributed by atoms with Gasteiger partial charge in [-0.15, -0.1) is 0 Å². The zero-order valence-electron chi connectivity index (χ0n) is 7.82. The van der Waals surface area contributed by atoms with Gasteiger partial charge >= 0.3 is 5.97 Å². The Morgan fingerprint density at radius 2 is 1.77 bits per heavy atom. The zero-order valence-corrected chi connectivity index (χ0v) is 14.1. The first-order valence-electron chi connectivity index (χ1n) is 3.19. The Bertz CT molecular complexity index is 276. The molecule has 0 saturated heterocycles. The van der Waals surface area contributed by atoms with Gasteiger partial charge in [-0.05, 0) is 6.07 Å². The van der Waals surface area contributed by atoms with Gasteiger partial charge in [0.2, 0.25) is 0 Å². The smallest absolute Gasteiger partial charge is 0.307 e. The van der Waals surface area contributed by atoms with E-state index < -0.39 is 5.97 Å². The summed E-state index contributed by atoms with van der Waals surface area (Å²) in [4.78, 5) is 10.2. The molecule has 13 heavy (non-hydrogen) atoms. The standard InChI is InChI=1S/C8H8O3.2K/c9-7-4-2-1-3-6(7)5-8(10)11;;/h1-4,9H,5H2,(H,10,11);;. The van der Waals surface area contributed by atoms with Crippen molar-refractivity contribution in [1.82, 2.24) is 0 Å². The number of hydrogen-bond donors (Lipinski definition) is 2. The van der Waals surface area contributed by atoms with Gasteiger partial charge in [0.05, 0.1) is 6.42 Å². The zero-order chi connectivity index (χ0) is 8.27. The summed E-state index contributed by atoms with van der Waals surface area (Å²) in [6.07, 6.45) is -0.132. The number of aliphatic carboxylic acids is 1. The fourth-order valence-electron chi connectivity index (χ4n) is 0.823. The maximum atomic E-state index is 10.2. The molecule has 1 rings (SSSR count). The molecule has 1 aromatic rings. The summed E-state index contributed by atoms with van der Waals surface area (Å²) >= 11 is 0. The summed E-state index contributed by atoms with van der Waals surface area (Å²) in [5.41, 5.74) is 0.444. The van der Waals surface area contributed by atoms with Crippen LogP contribution in [0.2, 0.25) is 0 Å². The second kappa shape index (κ2) is 9.02. The van der Waals surface area contributed by atoms with Crippen LogP contribution in [-0.2, 0) is 11.2 Å². The molecule has 0 bridgehead atoms.